The Balaban J connectivity index is 1.25. The van der Waals surface area contributed by atoms with Gasteiger partial charge < -0.3 is 5.32 Å². The van der Waals surface area contributed by atoms with Gasteiger partial charge in [0.2, 0.25) is 10.0 Å². The van der Waals surface area contributed by atoms with E-state index in [0.717, 1.165) is 32.9 Å². The summed E-state index contributed by atoms with van der Waals surface area (Å²) < 4.78 is 29.2. The molecule has 6 nitrogen and oxygen atoms in total. The molecular weight excluding hydrogens is 490 g/mol. The van der Waals surface area contributed by atoms with Crippen LogP contribution < -0.4 is 5.32 Å². The average Bonchev–Trinajstić information content (AvgIpc) is 3.31. The number of para-hydroxylation sites is 1. The van der Waals surface area contributed by atoms with E-state index in [1.54, 1.807) is 33.8 Å². The number of sulfonamides is 1. The van der Waals surface area contributed by atoms with Crippen molar-refractivity contribution in [2.45, 2.75) is 25.2 Å². The Morgan fingerprint density at radius 1 is 1.00 bits per heavy atom. The fourth-order valence-corrected chi connectivity index (χ4v) is 7.49. The summed E-state index contributed by atoms with van der Waals surface area (Å²) in [6, 6.07) is 22.3. The van der Waals surface area contributed by atoms with Crippen molar-refractivity contribution in [2.75, 3.05) is 25.0 Å². The van der Waals surface area contributed by atoms with Gasteiger partial charge in [-0.1, -0.05) is 38.1 Å². The molecule has 0 bridgehead atoms. The monoisotopic (exact) mass is 519 g/mol. The number of carbonyl (C=O) groups excluding carboxylic acids is 1. The lowest BCUT2D eigenvalue weighted by molar-refractivity contribution is 0.101. The Hall–Kier alpha value is -3.07. The van der Waals surface area contributed by atoms with E-state index in [4.69, 9.17) is 0 Å². The summed E-state index contributed by atoms with van der Waals surface area (Å²) >= 11 is 1.65. The molecule has 0 spiro atoms. The van der Waals surface area contributed by atoms with E-state index in [1.807, 2.05) is 42.5 Å². The number of benzene rings is 3. The molecule has 2 atom stereocenters. The topological polar surface area (TPSA) is 79.4 Å². The van der Waals surface area contributed by atoms with Crippen LogP contribution in [0.2, 0.25) is 0 Å². The van der Waals surface area contributed by atoms with Crippen LogP contribution in [0.1, 0.15) is 30.6 Å². The van der Waals surface area contributed by atoms with Crippen LogP contribution in [0.3, 0.4) is 0 Å². The molecule has 1 saturated heterocycles. The molecule has 0 saturated carbocycles. The third kappa shape index (κ3) is 5.21. The summed E-state index contributed by atoms with van der Waals surface area (Å²) in [5.74, 6) is 0.472. The van der Waals surface area contributed by atoms with E-state index >= 15 is 0 Å². The number of aromatic nitrogens is 1. The van der Waals surface area contributed by atoms with Crippen LogP contribution in [0.5, 0.6) is 0 Å². The van der Waals surface area contributed by atoms with Crippen molar-refractivity contribution in [1.82, 2.24) is 9.29 Å². The lowest BCUT2D eigenvalue weighted by Crippen LogP contribution is -2.42. The number of rotatable bonds is 7. The van der Waals surface area contributed by atoms with E-state index in [1.165, 1.54) is 6.07 Å². The fourth-order valence-electron chi connectivity index (χ4n) is 4.79. The van der Waals surface area contributed by atoms with Crippen LogP contribution in [0.15, 0.2) is 77.7 Å². The van der Waals surface area contributed by atoms with Gasteiger partial charge in [-0.15, -0.1) is 11.3 Å². The Labute approximate surface area is 216 Å². The van der Waals surface area contributed by atoms with Crippen molar-refractivity contribution in [2.24, 2.45) is 11.8 Å². The van der Waals surface area contributed by atoms with Crippen molar-refractivity contribution in [3.05, 3.63) is 78.4 Å². The Kier molecular flexibility index (Phi) is 6.92. The third-order valence-corrected chi connectivity index (χ3v) is 9.42. The zero-order valence-corrected chi connectivity index (χ0v) is 22.0. The minimum Gasteiger partial charge on any atom is -0.378 e. The third-order valence-electron chi connectivity index (χ3n) is 6.51. The molecular formula is C28H29N3O3S2. The summed E-state index contributed by atoms with van der Waals surface area (Å²) in [4.78, 5) is 17.7. The highest BCUT2D eigenvalue weighted by Gasteiger charge is 2.31. The van der Waals surface area contributed by atoms with Gasteiger partial charge in [0.15, 0.2) is 5.78 Å². The van der Waals surface area contributed by atoms with Crippen LogP contribution in [-0.4, -0.2) is 43.1 Å². The number of thiazole rings is 1. The molecule has 8 heteroatoms. The Bertz CT molecular complexity index is 1450. The number of piperidine rings is 1. The van der Waals surface area contributed by atoms with Crippen molar-refractivity contribution in [1.29, 1.82) is 0 Å². The summed E-state index contributed by atoms with van der Waals surface area (Å²) in [6.07, 6.45) is 1.03. The number of fused-ring (bicyclic) bond motifs is 1. The van der Waals surface area contributed by atoms with Crippen molar-refractivity contribution >= 4 is 43.0 Å². The molecule has 1 aromatic heterocycles. The second-order valence-corrected chi connectivity index (χ2v) is 12.6. The normalized spacial score (nSPS) is 18.8. The standard InChI is InChI=1S/C28H29N3O3S2/c1-19-14-20(2)18-31(17-19)36(33,34)24-7-5-6-22(15-24)26(32)16-29-23-12-10-21(11-13-23)28-30-25-8-3-4-9-27(25)35-28/h3-13,15,19-20,29H,14,16-18H2,1-2H3. The van der Waals surface area contributed by atoms with E-state index in [0.29, 0.717) is 30.5 Å². The molecule has 0 radical (unpaired) electrons. The van der Waals surface area contributed by atoms with Crippen LogP contribution in [0, 0.1) is 11.8 Å². The second kappa shape index (κ2) is 10.1. The van der Waals surface area contributed by atoms with Crippen molar-refractivity contribution in [3.8, 4) is 10.6 Å². The molecule has 0 aliphatic carbocycles. The summed E-state index contributed by atoms with van der Waals surface area (Å²) in [7, 11) is -3.64. The largest absolute Gasteiger partial charge is 0.378 e. The molecule has 0 amide bonds. The van der Waals surface area contributed by atoms with E-state index < -0.39 is 10.0 Å². The van der Waals surface area contributed by atoms with Crippen LogP contribution >= 0.6 is 11.3 Å². The highest BCUT2D eigenvalue weighted by Crippen LogP contribution is 2.31. The maximum atomic E-state index is 13.2. The zero-order chi connectivity index (χ0) is 25.3. The molecule has 36 heavy (non-hydrogen) atoms. The number of nitrogens with zero attached hydrogens (tertiary/aromatic N) is 2. The molecule has 2 unspecified atom stereocenters. The Morgan fingerprint density at radius 2 is 1.72 bits per heavy atom. The maximum Gasteiger partial charge on any atom is 0.243 e. The van der Waals surface area contributed by atoms with Gasteiger partial charge in [0.1, 0.15) is 5.01 Å². The van der Waals surface area contributed by atoms with E-state index in [-0.39, 0.29) is 17.2 Å². The number of hydrogen-bond donors (Lipinski definition) is 1. The molecule has 3 aromatic carbocycles. The highest BCUT2D eigenvalue weighted by atomic mass is 32.2. The van der Waals surface area contributed by atoms with Gasteiger partial charge in [-0.25, -0.2) is 13.4 Å². The van der Waals surface area contributed by atoms with Gasteiger partial charge in [-0.05, 0) is 66.8 Å². The molecule has 2 heterocycles. The first-order valence-electron chi connectivity index (χ1n) is 12.1. The minimum atomic E-state index is -3.64. The van der Waals surface area contributed by atoms with E-state index in [9.17, 15) is 13.2 Å². The zero-order valence-electron chi connectivity index (χ0n) is 20.3. The predicted molar refractivity (Wildman–Crippen MR) is 146 cm³/mol. The molecule has 1 fully saturated rings. The second-order valence-electron chi connectivity index (χ2n) is 9.64. The number of carbonyl (C=O) groups is 1. The molecule has 4 aromatic rings. The van der Waals surface area contributed by atoms with Gasteiger partial charge in [0.05, 0.1) is 21.7 Å². The minimum absolute atomic E-state index is 0.0712. The molecule has 1 aliphatic heterocycles. The molecule has 1 N–H and O–H groups in total. The van der Waals surface area contributed by atoms with Gasteiger partial charge >= 0.3 is 0 Å². The number of nitrogens with one attached hydrogen (secondary N) is 1. The lowest BCUT2D eigenvalue weighted by Gasteiger charge is -2.34. The summed E-state index contributed by atoms with van der Waals surface area (Å²) in [6.45, 7) is 5.26. The van der Waals surface area contributed by atoms with Gasteiger partial charge in [-0.3, -0.25) is 4.79 Å². The maximum absolute atomic E-state index is 13.2. The van der Waals surface area contributed by atoms with Crippen LogP contribution in [0.4, 0.5) is 5.69 Å². The fraction of sp³-hybridized carbons (Fsp3) is 0.286. The Morgan fingerprint density at radius 3 is 2.44 bits per heavy atom. The smallest absolute Gasteiger partial charge is 0.243 e. The van der Waals surface area contributed by atoms with Crippen LogP contribution in [0.25, 0.3) is 20.8 Å². The summed E-state index contributed by atoms with van der Waals surface area (Å²) in [5.41, 5.74) is 3.20. The molecule has 186 valence electrons. The highest BCUT2D eigenvalue weighted by molar-refractivity contribution is 7.89. The predicted octanol–water partition coefficient (Wildman–Crippen LogP) is 5.92. The first kappa shape index (κ1) is 24.6. The van der Waals surface area contributed by atoms with Gasteiger partial charge in [-0.2, -0.15) is 4.31 Å². The summed E-state index contributed by atoms with van der Waals surface area (Å²) in [5, 5.41) is 4.11. The van der Waals surface area contributed by atoms with E-state index in [2.05, 4.69) is 30.2 Å². The average molecular weight is 520 g/mol. The van der Waals surface area contributed by atoms with Gasteiger partial charge in [0, 0.05) is 29.9 Å². The van der Waals surface area contributed by atoms with Gasteiger partial charge in [0.25, 0.3) is 0 Å². The number of ketones is 1. The first-order valence-corrected chi connectivity index (χ1v) is 14.4. The van der Waals surface area contributed by atoms with Crippen molar-refractivity contribution in [3.63, 3.8) is 0 Å². The SMILES string of the molecule is CC1CC(C)CN(S(=O)(=O)c2cccc(C(=O)CNc3ccc(-c4nc5ccccc5s4)cc3)c2)C1. The lowest BCUT2D eigenvalue weighted by atomic mass is 9.94. The molecule has 1 aliphatic rings. The quantitative estimate of drug-likeness (QED) is 0.306. The van der Waals surface area contributed by atoms with Crippen molar-refractivity contribution < 1.29 is 13.2 Å². The number of Topliss-reactive ketones (excluding diaryl/α,β-unsaturated/α-hetero) is 1. The van der Waals surface area contributed by atoms with Crippen LogP contribution in [-0.2, 0) is 10.0 Å². The molecule has 5 rings (SSSR count). The first-order chi connectivity index (χ1) is 17.3. The number of anilines is 1. The number of hydrogen-bond acceptors (Lipinski definition) is 6.